The average molecular weight is 598 g/mol. The SMILES string of the molecule is CCN(CC)C1=CC=C2C(C1)OC1=C(C=CC(N(CC)CC)C1)C21OC(=O)C2=C1CC(Cl)=C(Cl)C(Cl)=C2Cl. The van der Waals surface area contributed by atoms with Gasteiger partial charge in [0.05, 0.1) is 20.7 Å². The predicted octanol–water partition coefficient (Wildman–Crippen LogP) is 7.24. The molecular weight excluding hydrogens is 566 g/mol. The van der Waals surface area contributed by atoms with Crippen LogP contribution in [0.4, 0.5) is 0 Å². The van der Waals surface area contributed by atoms with Crippen molar-refractivity contribution in [2.45, 2.75) is 64.7 Å². The zero-order valence-electron chi connectivity index (χ0n) is 22.0. The normalized spacial score (nSPS) is 28.7. The summed E-state index contributed by atoms with van der Waals surface area (Å²) in [6, 6.07) is 0.184. The Bertz CT molecular complexity index is 1280. The lowest BCUT2D eigenvalue weighted by molar-refractivity contribution is -0.143. The lowest BCUT2D eigenvalue weighted by atomic mass is 9.70. The van der Waals surface area contributed by atoms with Crippen molar-refractivity contribution < 1.29 is 14.3 Å². The maximum atomic E-state index is 13.6. The molecule has 3 atom stereocenters. The van der Waals surface area contributed by atoms with Gasteiger partial charge in [0, 0.05) is 65.8 Å². The van der Waals surface area contributed by atoms with Crippen molar-refractivity contribution in [2.24, 2.45) is 0 Å². The largest absolute Gasteiger partial charge is 0.489 e. The molecule has 3 aliphatic carbocycles. The van der Waals surface area contributed by atoms with Gasteiger partial charge in [0.2, 0.25) is 0 Å². The van der Waals surface area contributed by atoms with E-state index in [-0.39, 0.29) is 39.2 Å². The van der Waals surface area contributed by atoms with Crippen LogP contribution in [0, 0.1) is 0 Å². The molecule has 2 heterocycles. The fraction of sp³-hybridized carbons (Fsp3) is 0.483. The number of carbonyl (C=O) groups excluding carboxylic acids is 1. The fourth-order valence-corrected chi connectivity index (χ4v) is 7.31. The van der Waals surface area contributed by atoms with Crippen LogP contribution in [-0.4, -0.2) is 59.7 Å². The Balaban J connectivity index is 1.73. The van der Waals surface area contributed by atoms with Gasteiger partial charge in [-0.05, 0) is 33.0 Å². The summed E-state index contributed by atoms with van der Waals surface area (Å²) in [6.45, 7) is 12.2. The number of fused-ring (bicyclic) bond motifs is 4. The molecule has 5 rings (SSSR count). The van der Waals surface area contributed by atoms with Gasteiger partial charge in [-0.15, -0.1) is 0 Å². The van der Waals surface area contributed by atoms with Crippen LogP contribution in [0.3, 0.4) is 0 Å². The zero-order valence-corrected chi connectivity index (χ0v) is 25.1. The minimum absolute atomic E-state index is 0.0530. The lowest BCUT2D eigenvalue weighted by Gasteiger charge is -2.47. The van der Waals surface area contributed by atoms with Gasteiger partial charge in [0.15, 0.2) is 5.60 Å². The number of hydrogen-bond acceptors (Lipinski definition) is 5. The molecule has 0 bridgehead atoms. The molecule has 3 unspecified atom stereocenters. The van der Waals surface area contributed by atoms with Crippen LogP contribution in [0.25, 0.3) is 0 Å². The molecule has 0 saturated heterocycles. The molecular formula is C29H32Cl4N2O3. The molecule has 0 saturated carbocycles. The van der Waals surface area contributed by atoms with Crippen LogP contribution in [0.5, 0.6) is 0 Å². The summed E-state index contributed by atoms with van der Waals surface area (Å²) in [4.78, 5) is 18.3. The molecule has 0 aromatic rings. The monoisotopic (exact) mass is 596 g/mol. The van der Waals surface area contributed by atoms with Gasteiger partial charge in [-0.3, -0.25) is 4.90 Å². The van der Waals surface area contributed by atoms with Gasteiger partial charge in [0.25, 0.3) is 0 Å². The first-order valence-corrected chi connectivity index (χ1v) is 14.8. The number of carbonyl (C=O) groups is 1. The Kier molecular flexibility index (Phi) is 7.89. The van der Waals surface area contributed by atoms with Crippen LogP contribution >= 0.6 is 46.4 Å². The predicted molar refractivity (Wildman–Crippen MR) is 154 cm³/mol. The molecule has 0 radical (unpaired) electrons. The number of hydrogen-bond donors (Lipinski definition) is 0. The van der Waals surface area contributed by atoms with E-state index < -0.39 is 11.6 Å². The standard InChI is InChI=1S/C29H32Cl4N2O3/c1-5-34(6-2)16-9-11-18-22(13-16)37-23-14-17(35(7-3)8-4)10-12-19(23)29(18)20-15-21(30)25(31)27(33)26(32)24(20)28(36)38-29/h9-12,16,23H,5-8,13-15H2,1-4H3. The first-order valence-electron chi connectivity index (χ1n) is 13.3. The third-order valence-electron chi connectivity index (χ3n) is 8.25. The summed E-state index contributed by atoms with van der Waals surface area (Å²) in [6.07, 6.45) is 9.61. The number of likely N-dealkylation sites (N-methyl/N-ethyl adjacent to an activating group) is 1. The summed E-state index contributed by atoms with van der Waals surface area (Å²) < 4.78 is 13.2. The number of esters is 1. The summed E-state index contributed by atoms with van der Waals surface area (Å²) in [5.41, 5.74) is 2.56. The van der Waals surface area contributed by atoms with E-state index in [0.717, 1.165) is 43.1 Å². The van der Waals surface area contributed by atoms with Crippen molar-refractivity contribution in [1.82, 2.24) is 9.80 Å². The summed E-state index contributed by atoms with van der Waals surface area (Å²) in [5, 5.41) is 0.582. The van der Waals surface area contributed by atoms with E-state index in [9.17, 15) is 4.79 Å². The van der Waals surface area contributed by atoms with Gasteiger partial charge in [0.1, 0.15) is 11.9 Å². The maximum absolute atomic E-state index is 13.6. The summed E-state index contributed by atoms with van der Waals surface area (Å²) in [5.74, 6) is 0.292. The summed E-state index contributed by atoms with van der Waals surface area (Å²) >= 11 is 26.3. The van der Waals surface area contributed by atoms with Crippen molar-refractivity contribution >= 4 is 52.4 Å². The number of allylic oxidation sites excluding steroid dienone is 5. The zero-order chi connectivity index (χ0) is 27.4. The van der Waals surface area contributed by atoms with Crippen LogP contribution in [0.1, 0.15) is 47.0 Å². The van der Waals surface area contributed by atoms with Gasteiger partial charge in [-0.25, -0.2) is 4.79 Å². The van der Waals surface area contributed by atoms with E-state index in [2.05, 4.69) is 55.7 Å². The second-order valence-corrected chi connectivity index (χ2v) is 11.5. The molecule has 1 spiro atoms. The third-order valence-corrected chi connectivity index (χ3v) is 10.0. The van der Waals surface area contributed by atoms with Crippen molar-refractivity contribution in [3.63, 3.8) is 0 Å². The quantitative estimate of drug-likeness (QED) is 0.302. The Hall–Kier alpha value is -1.63. The highest BCUT2D eigenvalue weighted by Gasteiger charge is 2.59. The number of nitrogens with zero attached hydrogens (tertiary/aromatic N) is 2. The Morgan fingerprint density at radius 3 is 2.32 bits per heavy atom. The van der Waals surface area contributed by atoms with Crippen molar-refractivity contribution in [1.29, 1.82) is 0 Å². The molecule has 5 aliphatic rings. The molecule has 204 valence electrons. The summed E-state index contributed by atoms with van der Waals surface area (Å²) in [7, 11) is 0. The van der Waals surface area contributed by atoms with E-state index in [1.54, 1.807) is 0 Å². The van der Waals surface area contributed by atoms with Crippen molar-refractivity contribution in [2.75, 3.05) is 26.2 Å². The molecule has 38 heavy (non-hydrogen) atoms. The first-order chi connectivity index (χ1) is 18.2. The Morgan fingerprint density at radius 2 is 1.66 bits per heavy atom. The third kappa shape index (κ3) is 4.21. The van der Waals surface area contributed by atoms with E-state index in [1.165, 1.54) is 5.70 Å². The van der Waals surface area contributed by atoms with E-state index >= 15 is 0 Å². The molecule has 0 amide bonds. The lowest BCUT2D eigenvalue weighted by Crippen LogP contribution is -2.49. The van der Waals surface area contributed by atoms with E-state index in [0.29, 0.717) is 23.4 Å². The minimum atomic E-state index is -1.19. The highest BCUT2D eigenvalue weighted by atomic mass is 35.5. The highest BCUT2D eigenvalue weighted by Crippen LogP contribution is 2.58. The minimum Gasteiger partial charge on any atom is -0.489 e. The first kappa shape index (κ1) is 27.9. The Morgan fingerprint density at radius 1 is 0.947 bits per heavy atom. The second kappa shape index (κ2) is 10.7. The number of rotatable bonds is 6. The molecule has 5 nitrogen and oxygen atoms in total. The molecule has 0 aromatic heterocycles. The van der Waals surface area contributed by atoms with Crippen LogP contribution in [0.15, 0.2) is 78.2 Å². The van der Waals surface area contributed by atoms with Crippen LogP contribution in [-0.2, 0) is 14.3 Å². The Labute approximate surface area is 244 Å². The van der Waals surface area contributed by atoms with Crippen molar-refractivity contribution in [3.8, 4) is 0 Å². The van der Waals surface area contributed by atoms with Gasteiger partial charge in [-0.2, -0.15) is 0 Å². The van der Waals surface area contributed by atoms with Gasteiger partial charge in [-0.1, -0.05) is 78.5 Å². The maximum Gasteiger partial charge on any atom is 0.341 e. The molecule has 0 fully saturated rings. The fourth-order valence-electron chi connectivity index (χ4n) is 6.33. The van der Waals surface area contributed by atoms with E-state index in [1.807, 2.05) is 6.08 Å². The topological polar surface area (TPSA) is 42.0 Å². The van der Waals surface area contributed by atoms with E-state index in [4.69, 9.17) is 55.9 Å². The van der Waals surface area contributed by atoms with Gasteiger partial charge >= 0.3 is 5.97 Å². The van der Waals surface area contributed by atoms with Gasteiger partial charge < -0.3 is 14.4 Å². The molecule has 0 aromatic carbocycles. The number of ether oxygens (including phenoxy) is 2. The average Bonchev–Trinajstić information content (AvgIpc) is 3.15. The molecule has 2 aliphatic heterocycles. The van der Waals surface area contributed by atoms with Crippen LogP contribution < -0.4 is 0 Å². The molecule has 0 N–H and O–H groups in total. The highest BCUT2D eigenvalue weighted by molar-refractivity contribution is 6.52. The number of halogens is 4. The smallest absolute Gasteiger partial charge is 0.341 e. The second-order valence-electron chi connectivity index (χ2n) is 9.90. The van der Waals surface area contributed by atoms with Crippen molar-refractivity contribution in [3.05, 3.63) is 78.2 Å². The molecule has 9 heteroatoms. The van der Waals surface area contributed by atoms with Crippen LogP contribution in [0.2, 0.25) is 0 Å².